The minimum absolute atomic E-state index is 0. The number of halogens is 3. The molecule has 571 valence electrons. The molecule has 15 aliphatic rings. The number of nitrogens with two attached hydrogens (primary N) is 2. The van der Waals surface area contributed by atoms with E-state index in [0.717, 1.165) is 119 Å². The van der Waals surface area contributed by atoms with E-state index in [0.29, 0.717) is 67.5 Å². The Balaban J connectivity index is 0.000000152. The quantitative estimate of drug-likeness (QED) is 0.0334. The number of esters is 1. The van der Waals surface area contributed by atoms with Gasteiger partial charge in [0.2, 0.25) is 16.3 Å². The average molecular weight is 1550 g/mol. The number of hydrogen-bond acceptors (Lipinski definition) is 16. The van der Waals surface area contributed by atoms with Crippen LogP contribution < -0.4 is 54.0 Å². The van der Waals surface area contributed by atoms with Crippen molar-refractivity contribution in [3.8, 4) is 33.8 Å². The number of imidazole rings is 3. The van der Waals surface area contributed by atoms with Gasteiger partial charge in [0.05, 0.1) is 78.9 Å². The van der Waals surface area contributed by atoms with Crippen molar-refractivity contribution in [3.63, 3.8) is 0 Å². The maximum atomic E-state index is 13.9. The summed E-state index contributed by atoms with van der Waals surface area (Å²) in [6.45, 7) is 5.16. The van der Waals surface area contributed by atoms with Crippen LogP contribution in [-0.2, 0) is 54.4 Å². The van der Waals surface area contributed by atoms with Crippen molar-refractivity contribution in [1.29, 1.82) is 0 Å². The third kappa shape index (κ3) is 16.6. The summed E-state index contributed by atoms with van der Waals surface area (Å²) in [7, 11) is -10.3. The van der Waals surface area contributed by atoms with Crippen molar-refractivity contribution >= 4 is 62.7 Å². The second-order valence-electron chi connectivity index (χ2n) is 33.3. The predicted octanol–water partition coefficient (Wildman–Crippen LogP) is 5.55. The number of benzene rings is 3. The number of aromatic nitrogens is 6. The van der Waals surface area contributed by atoms with Gasteiger partial charge in [-0.05, 0) is 199 Å². The fraction of sp³-hybridized carbons (Fsp3) is 0.587. The number of aliphatic hydroxyl groups is 2. The normalized spacial score (nSPS) is 32.2. The molecule has 3 aromatic heterocycles. The van der Waals surface area contributed by atoms with Crippen molar-refractivity contribution in [1.82, 2.24) is 42.8 Å². The number of nitrogens with one attached hydrogen (secondary N) is 3. The van der Waals surface area contributed by atoms with Crippen molar-refractivity contribution in [3.05, 3.63) is 127 Å². The summed E-state index contributed by atoms with van der Waals surface area (Å²) in [4.78, 5) is 61.4. The molecule has 3 aromatic carbocycles. The smallest absolute Gasteiger partial charge is 1.00 e. The van der Waals surface area contributed by atoms with Gasteiger partial charge in [0.15, 0.2) is 5.75 Å². The second-order valence-corrected chi connectivity index (χ2v) is 37.6. The van der Waals surface area contributed by atoms with Gasteiger partial charge in [0.1, 0.15) is 17.2 Å². The van der Waals surface area contributed by atoms with Gasteiger partial charge in [-0.3, -0.25) is 19.2 Å². The van der Waals surface area contributed by atoms with E-state index in [1.807, 2.05) is 67.9 Å². The molecular weight excluding hydrogens is 1450 g/mol. The number of carbonyl (C=O) groups is 4. The first-order valence-corrected chi connectivity index (χ1v) is 41.3. The van der Waals surface area contributed by atoms with E-state index in [-0.39, 0.29) is 105 Å². The Morgan fingerprint density at radius 1 is 0.570 bits per heavy atom. The Hall–Kier alpha value is -5.81. The van der Waals surface area contributed by atoms with Gasteiger partial charge in [-0.2, -0.15) is 39.5 Å². The maximum Gasteiger partial charge on any atom is 1.00 e. The molecule has 6 heterocycles. The van der Waals surface area contributed by atoms with Gasteiger partial charge in [-0.15, -0.1) is 0 Å². The number of sulfonamides is 1. The molecular formula is C75H95BF3N11NaO13S3. The van der Waals surface area contributed by atoms with E-state index < -0.39 is 82.9 Å². The largest absolute Gasteiger partial charge is 1.00 e. The molecule has 107 heavy (non-hydrogen) atoms. The van der Waals surface area contributed by atoms with Crippen LogP contribution >= 0.6 is 0 Å². The van der Waals surface area contributed by atoms with Crippen molar-refractivity contribution in [2.45, 2.75) is 189 Å². The van der Waals surface area contributed by atoms with E-state index in [1.54, 1.807) is 20.8 Å². The van der Waals surface area contributed by atoms with Crippen LogP contribution in [0.2, 0.25) is 0 Å². The van der Waals surface area contributed by atoms with E-state index in [1.165, 1.54) is 22.3 Å². The molecule has 10 unspecified atom stereocenters. The number of carbonyl (C=O) groups excluding carboxylic acids is 4. The SMILES string of the molecule is CC(C)(C)OC(=O)CS(=O)(=O)NC12CC3CC(C1)C(C(=O)CC1c4ccccc4-c4cncn41)C(C3)C2.CO.NS(=O)(=O)NC12CC3CC(C1)C(C(=O)CC1c4ccccc4-c4cncn41)C(C3)C2.NS(=O)(=O)NC12CC3CC(C1)C(C(O)CC1c4ccccc4-c4cncn41)C(C3)C2.O=CC(F)(F)F.[B].[H-].[Na+]. The van der Waals surface area contributed by atoms with Crippen molar-refractivity contribution in [2.24, 2.45) is 81.3 Å². The minimum atomic E-state index is -4.64. The Bertz CT molecular complexity index is 4650. The monoisotopic (exact) mass is 1540 g/mol. The standard InChI is InChI=1S/C28H35N3O5S.C22H28N4O3S.C22H26N4O3S.C2HF3O.CH4O.B.Na.H/c1-27(2,3)36-25(33)15-37(34,35)30-28-11-17-8-18(12-28)26(19(9-17)13-28)24(32)10-22-20-6-4-5-7-21(20)23-14-29-16-31(22)23;2*23-30(28,29)25-22-8-13-5-14(9-22)21(15(6-13)10-22)20(27)7-18-16-3-1-2-4-17(16)19-11-24-12-26(18)19;3-2(4,5)1-6;1-2;;;/h4-7,14,16-19,22,26,30H,8-13,15H2,1-3H3;1-4,11-15,18,20-21,25,27H,5-10H2,(H2,23,28,29);1-4,11-15,18,21,25H,5-10H2,(H2,23,28,29);1H;2H,1H3;;;/q;;;;;;+1;-1. The zero-order valence-corrected chi connectivity index (χ0v) is 65.3. The minimum Gasteiger partial charge on any atom is -1.00 e. The van der Waals surface area contributed by atoms with Crippen LogP contribution in [0.5, 0.6) is 0 Å². The van der Waals surface area contributed by atoms with Crippen LogP contribution in [0.15, 0.2) is 110 Å². The molecule has 12 saturated carbocycles. The van der Waals surface area contributed by atoms with Gasteiger partial charge < -0.3 is 30.1 Å². The first-order chi connectivity index (χ1) is 49.6. The maximum absolute atomic E-state index is 13.9. The molecule has 24 nitrogen and oxygen atoms in total. The van der Waals surface area contributed by atoms with Gasteiger partial charge >= 0.3 is 41.7 Å². The Kier molecular flexibility index (Phi) is 22.9. The van der Waals surface area contributed by atoms with Crippen LogP contribution in [0, 0.1) is 71.0 Å². The molecule has 0 saturated heterocycles. The van der Waals surface area contributed by atoms with Gasteiger partial charge in [-0.1, -0.05) is 72.8 Å². The molecule has 3 aliphatic heterocycles. The van der Waals surface area contributed by atoms with Crippen LogP contribution in [0.25, 0.3) is 33.8 Å². The summed E-state index contributed by atoms with van der Waals surface area (Å²) in [6, 6.07) is 24.9. The second kappa shape index (κ2) is 30.4. The van der Waals surface area contributed by atoms with E-state index in [4.69, 9.17) is 24.9 Å². The fourth-order valence-electron chi connectivity index (χ4n) is 23.2. The molecule has 9 N–H and O–H groups in total. The molecule has 0 spiro atoms. The van der Waals surface area contributed by atoms with Crippen LogP contribution in [0.1, 0.15) is 173 Å². The number of aliphatic hydroxyl groups excluding tert-OH is 2. The average Bonchev–Trinajstić information content (AvgIpc) is 0.899. The molecule has 12 aliphatic carbocycles. The first kappa shape index (κ1) is 80.7. The summed E-state index contributed by atoms with van der Waals surface area (Å²) in [5.41, 5.74) is 8.21. The number of hydrogen-bond donors (Lipinski definition) is 7. The summed E-state index contributed by atoms with van der Waals surface area (Å²) in [6.07, 6.45) is 19.6. The zero-order valence-electron chi connectivity index (χ0n) is 61.8. The van der Waals surface area contributed by atoms with E-state index in [2.05, 4.69) is 85.3 Å². The van der Waals surface area contributed by atoms with E-state index in [9.17, 15) is 57.9 Å². The summed E-state index contributed by atoms with van der Waals surface area (Å²) < 4.78 is 124. The molecule has 0 amide bonds. The molecule has 3 radical (unpaired) electrons. The molecule has 12 fully saturated rings. The number of aldehydes is 1. The van der Waals surface area contributed by atoms with Gasteiger partial charge in [0.25, 0.3) is 20.4 Å². The molecule has 12 bridgehead atoms. The van der Waals surface area contributed by atoms with Crippen molar-refractivity contribution < 1.29 is 104 Å². The van der Waals surface area contributed by atoms with Crippen LogP contribution in [0.3, 0.4) is 0 Å². The van der Waals surface area contributed by atoms with Crippen molar-refractivity contribution in [2.75, 3.05) is 12.9 Å². The number of fused-ring (bicyclic) bond motifs is 9. The molecule has 6 aromatic rings. The number of Topliss-reactive ketones (excluding diaryl/α,β-unsaturated/α-hetero) is 2. The molecule has 21 rings (SSSR count). The van der Waals surface area contributed by atoms with Crippen LogP contribution in [-0.4, -0.2) is 144 Å². The third-order valence-electron chi connectivity index (χ3n) is 25.1. The summed E-state index contributed by atoms with van der Waals surface area (Å²) in [5, 5.41) is 29.1. The number of rotatable bonds is 17. The van der Waals surface area contributed by atoms with Gasteiger partial charge in [-0.25, -0.2) is 38.4 Å². The van der Waals surface area contributed by atoms with Gasteiger partial charge in [0, 0.05) is 73.5 Å². The Morgan fingerprint density at radius 3 is 1.23 bits per heavy atom. The number of nitrogens with zero attached hydrogens (tertiary/aromatic N) is 6. The summed E-state index contributed by atoms with van der Waals surface area (Å²) in [5.74, 6) is 2.35. The Labute approximate surface area is 648 Å². The molecule has 10 atom stereocenters. The number of ketones is 2. The number of alkyl halides is 3. The van der Waals surface area contributed by atoms with E-state index >= 15 is 0 Å². The summed E-state index contributed by atoms with van der Waals surface area (Å²) >= 11 is 0. The third-order valence-corrected chi connectivity index (χ3v) is 27.9. The predicted molar refractivity (Wildman–Crippen MR) is 389 cm³/mol. The number of ether oxygens (including phenoxy) is 1. The topological polar surface area (TPSA) is 362 Å². The Morgan fingerprint density at radius 2 is 0.888 bits per heavy atom. The van der Waals surface area contributed by atoms with Crippen LogP contribution in [0.4, 0.5) is 13.2 Å². The zero-order chi connectivity index (χ0) is 74.7. The molecule has 32 heteroatoms. The fourth-order valence-corrected chi connectivity index (χ4v) is 26.2. The first-order valence-electron chi connectivity index (χ1n) is 36.5.